The van der Waals surface area contributed by atoms with Crippen LogP contribution in [0.15, 0.2) is 11.6 Å². The number of hydrogen-bond donors (Lipinski definition) is 0. The van der Waals surface area contributed by atoms with Gasteiger partial charge < -0.3 is 4.74 Å². The van der Waals surface area contributed by atoms with Crippen LogP contribution in [0.5, 0.6) is 0 Å². The Morgan fingerprint density at radius 3 is 2.75 bits per heavy atom. The molecule has 3 fully saturated rings. The molecule has 0 aromatic carbocycles. The Balaban J connectivity index is 1.60. The summed E-state index contributed by atoms with van der Waals surface area (Å²) in [4.78, 5) is 24.5. The molecule has 28 heavy (non-hydrogen) atoms. The second-order valence-corrected chi connectivity index (χ2v) is 10.0. The average molecular weight is 383 g/mol. The third-order valence-electron chi connectivity index (χ3n) is 8.94. The van der Waals surface area contributed by atoms with Gasteiger partial charge in [0.15, 0.2) is 11.4 Å². The zero-order valence-corrected chi connectivity index (χ0v) is 17.6. The van der Waals surface area contributed by atoms with Gasteiger partial charge in [-0.2, -0.15) is 0 Å². The van der Waals surface area contributed by atoms with Crippen LogP contribution in [-0.4, -0.2) is 17.4 Å². The van der Waals surface area contributed by atoms with E-state index in [-0.39, 0.29) is 17.3 Å². The van der Waals surface area contributed by atoms with Gasteiger partial charge >= 0.3 is 5.97 Å². The second kappa shape index (κ2) is 7.05. The smallest absolute Gasteiger partial charge is 0.310 e. The Morgan fingerprint density at radius 1 is 1.25 bits per heavy atom. The highest BCUT2D eigenvalue weighted by Gasteiger charge is 2.64. The van der Waals surface area contributed by atoms with Crippen LogP contribution in [0, 0.1) is 47.3 Å². The zero-order chi connectivity index (χ0) is 20.1. The molecule has 0 aromatic heterocycles. The zero-order valence-electron chi connectivity index (χ0n) is 17.6. The maximum absolute atomic E-state index is 12.7. The van der Waals surface area contributed by atoms with Crippen molar-refractivity contribution in [1.82, 2.24) is 0 Å². The highest BCUT2D eigenvalue weighted by Crippen LogP contribution is 2.65. The van der Waals surface area contributed by atoms with Crippen molar-refractivity contribution < 1.29 is 14.3 Å². The molecule has 0 saturated heterocycles. The predicted octanol–water partition coefficient (Wildman–Crippen LogP) is 5.09. The number of esters is 1. The van der Waals surface area contributed by atoms with E-state index >= 15 is 0 Å². The van der Waals surface area contributed by atoms with E-state index < -0.39 is 5.60 Å². The minimum Gasteiger partial charge on any atom is -0.445 e. The van der Waals surface area contributed by atoms with Gasteiger partial charge in [0.1, 0.15) is 0 Å². The molecule has 3 saturated carbocycles. The average Bonchev–Trinajstić information content (AvgIpc) is 2.99. The molecule has 0 heterocycles. The van der Waals surface area contributed by atoms with Gasteiger partial charge in [0.05, 0.1) is 5.92 Å². The summed E-state index contributed by atoms with van der Waals surface area (Å²) in [7, 11) is 0. The molecule has 152 valence electrons. The van der Waals surface area contributed by atoms with Gasteiger partial charge in [-0.3, -0.25) is 9.59 Å². The summed E-state index contributed by atoms with van der Waals surface area (Å²) in [5.74, 6) is 5.48. The molecular formula is C25H34O3. The first-order valence-electron chi connectivity index (χ1n) is 11.3. The number of terminal acetylenes is 1. The monoisotopic (exact) mass is 382 g/mol. The first-order valence-corrected chi connectivity index (χ1v) is 11.3. The van der Waals surface area contributed by atoms with Crippen LogP contribution < -0.4 is 0 Å². The van der Waals surface area contributed by atoms with Crippen molar-refractivity contribution in [3.05, 3.63) is 11.6 Å². The first kappa shape index (κ1) is 19.7. The Hall–Kier alpha value is -1.56. The summed E-state index contributed by atoms with van der Waals surface area (Å²) in [6.45, 7) is 6.23. The van der Waals surface area contributed by atoms with E-state index in [1.165, 1.54) is 5.57 Å². The number of carbonyl (C=O) groups is 2. The molecule has 4 rings (SSSR count). The highest BCUT2D eigenvalue weighted by molar-refractivity contribution is 5.91. The lowest BCUT2D eigenvalue weighted by Gasteiger charge is -2.55. The highest BCUT2D eigenvalue weighted by atomic mass is 16.6. The minimum atomic E-state index is -0.748. The van der Waals surface area contributed by atoms with Crippen molar-refractivity contribution in [3.8, 4) is 12.3 Å². The normalized spacial score (nSPS) is 43.1. The number of rotatable bonds is 3. The number of carbonyl (C=O) groups excluding carboxylic acids is 2. The fourth-order valence-corrected chi connectivity index (χ4v) is 7.05. The lowest BCUT2D eigenvalue weighted by atomic mass is 9.50. The third kappa shape index (κ3) is 2.78. The van der Waals surface area contributed by atoms with E-state index in [0.717, 1.165) is 51.4 Å². The van der Waals surface area contributed by atoms with Crippen LogP contribution in [0.1, 0.15) is 78.6 Å². The number of ketones is 1. The van der Waals surface area contributed by atoms with Crippen LogP contribution in [0.2, 0.25) is 0 Å². The molecule has 0 amide bonds. The van der Waals surface area contributed by atoms with Crippen LogP contribution in [0.4, 0.5) is 0 Å². The van der Waals surface area contributed by atoms with Crippen LogP contribution >= 0.6 is 0 Å². The van der Waals surface area contributed by atoms with Gasteiger partial charge in [-0.25, -0.2) is 0 Å². The van der Waals surface area contributed by atoms with Crippen molar-refractivity contribution in [2.75, 3.05) is 0 Å². The number of hydrogen-bond acceptors (Lipinski definition) is 3. The number of ether oxygens (including phenoxy) is 1. The van der Waals surface area contributed by atoms with Gasteiger partial charge in [-0.15, -0.1) is 6.42 Å². The van der Waals surface area contributed by atoms with Crippen molar-refractivity contribution in [1.29, 1.82) is 0 Å². The van der Waals surface area contributed by atoms with E-state index in [2.05, 4.69) is 12.8 Å². The van der Waals surface area contributed by atoms with Crippen molar-refractivity contribution in [2.24, 2.45) is 35.0 Å². The Morgan fingerprint density at radius 2 is 2.04 bits per heavy atom. The van der Waals surface area contributed by atoms with Gasteiger partial charge in [-0.1, -0.05) is 32.3 Å². The maximum Gasteiger partial charge on any atom is 0.310 e. The summed E-state index contributed by atoms with van der Waals surface area (Å²) in [6.07, 6.45) is 16.7. The summed E-state index contributed by atoms with van der Waals surface area (Å²) >= 11 is 0. The Bertz CT molecular complexity index is 743. The standard InChI is InChI=1S/C25H34O3/c1-5-16(3)23(27)28-25(6-2)14-12-22-21-9-7-17-15-18(26)8-10-19(17)20(21)11-13-24(22,25)4/h2,15-16,19-22H,5,7-14H2,1,3-4H3. The van der Waals surface area contributed by atoms with Crippen LogP contribution in [-0.2, 0) is 14.3 Å². The summed E-state index contributed by atoms with van der Waals surface area (Å²) in [6, 6.07) is 0. The predicted molar refractivity (Wildman–Crippen MR) is 109 cm³/mol. The van der Waals surface area contributed by atoms with E-state index in [0.29, 0.717) is 35.9 Å². The molecule has 0 bridgehead atoms. The van der Waals surface area contributed by atoms with Crippen molar-refractivity contribution in [3.63, 3.8) is 0 Å². The lowest BCUT2D eigenvalue weighted by Crippen LogP contribution is -2.54. The largest absolute Gasteiger partial charge is 0.445 e. The summed E-state index contributed by atoms with van der Waals surface area (Å²) in [5, 5.41) is 0. The van der Waals surface area contributed by atoms with E-state index in [9.17, 15) is 9.59 Å². The molecule has 0 radical (unpaired) electrons. The van der Waals surface area contributed by atoms with E-state index in [4.69, 9.17) is 11.2 Å². The minimum absolute atomic E-state index is 0.105. The fraction of sp³-hybridized carbons (Fsp3) is 0.760. The maximum atomic E-state index is 12.7. The molecule has 0 spiro atoms. The van der Waals surface area contributed by atoms with Gasteiger partial charge in [-0.05, 0) is 81.1 Å². The number of fused-ring (bicyclic) bond motifs is 5. The van der Waals surface area contributed by atoms with Crippen molar-refractivity contribution in [2.45, 2.75) is 84.2 Å². The molecular weight excluding hydrogens is 348 g/mol. The van der Waals surface area contributed by atoms with Gasteiger partial charge in [0.2, 0.25) is 0 Å². The van der Waals surface area contributed by atoms with E-state index in [1.54, 1.807) is 0 Å². The SMILES string of the molecule is C#CC1(OC(=O)C(C)CC)CCC2C3CCC4=CC(=O)CCC4C3CCC21C. The molecule has 3 nitrogen and oxygen atoms in total. The van der Waals surface area contributed by atoms with Gasteiger partial charge in [0.25, 0.3) is 0 Å². The molecule has 4 aliphatic carbocycles. The Kier molecular flexibility index (Phi) is 4.97. The molecule has 7 unspecified atom stereocenters. The quantitative estimate of drug-likeness (QED) is 0.504. The topological polar surface area (TPSA) is 43.4 Å². The van der Waals surface area contributed by atoms with Gasteiger partial charge in [0, 0.05) is 11.8 Å². The fourth-order valence-electron chi connectivity index (χ4n) is 7.05. The van der Waals surface area contributed by atoms with E-state index in [1.807, 2.05) is 19.9 Å². The molecule has 0 aromatic rings. The van der Waals surface area contributed by atoms with Crippen molar-refractivity contribution >= 4 is 11.8 Å². The summed E-state index contributed by atoms with van der Waals surface area (Å²) in [5.41, 5.74) is 0.532. The second-order valence-electron chi connectivity index (χ2n) is 10.0. The molecule has 0 N–H and O–H groups in total. The first-order chi connectivity index (χ1) is 13.3. The Labute approximate surface area is 169 Å². The lowest BCUT2D eigenvalue weighted by molar-refractivity contribution is -0.174. The van der Waals surface area contributed by atoms with Crippen LogP contribution in [0.3, 0.4) is 0 Å². The molecule has 4 aliphatic rings. The molecule has 0 aliphatic heterocycles. The molecule has 7 atom stereocenters. The number of allylic oxidation sites excluding steroid dienone is 1. The third-order valence-corrected chi connectivity index (χ3v) is 8.94. The van der Waals surface area contributed by atoms with Crippen LogP contribution in [0.25, 0.3) is 0 Å². The summed E-state index contributed by atoms with van der Waals surface area (Å²) < 4.78 is 6.14. The molecule has 3 heteroatoms.